The lowest BCUT2D eigenvalue weighted by Gasteiger charge is -2.40. The van der Waals surface area contributed by atoms with Gasteiger partial charge in [0.1, 0.15) is 6.61 Å². The van der Waals surface area contributed by atoms with Crippen LogP contribution in [0.2, 0.25) is 0 Å². The van der Waals surface area contributed by atoms with Gasteiger partial charge in [0, 0.05) is 27.2 Å². The Hall–Kier alpha value is -1.92. The number of likely N-dealkylation sites (N-methyl/N-ethyl adjacent to an activating group) is 2. The molecule has 2 atom stereocenters. The number of rotatable bonds is 6. The summed E-state index contributed by atoms with van der Waals surface area (Å²) in [4.78, 5) is 28.2. The maximum atomic E-state index is 12.8. The van der Waals surface area contributed by atoms with E-state index in [0.717, 1.165) is 11.1 Å². The zero-order valence-electron chi connectivity index (χ0n) is 14.8. The number of aryl methyl sites for hydroxylation is 1. The van der Waals surface area contributed by atoms with E-state index in [-0.39, 0.29) is 18.4 Å². The van der Waals surface area contributed by atoms with Crippen molar-refractivity contribution in [3.8, 4) is 0 Å². The standard InChI is InChI=1S/C18H26N2O4/c1-5-23-11-10-19(3)18(22)17-16(20(4)15(21)12-24-17)14-9-7-6-8-13(14)2/h6-9,16-17H,5,10-12H2,1-4H3/t16-,17+/m1/s1. The molecule has 132 valence electrons. The van der Waals surface area contributed by atoms with Crippen LogP contribution in [0.15, 0.2) is 24.3 Å². The molecule has 0 aliphatic carbocycles. The molecule has 1 saturated heterocycles. The lowest BCUT2D eigenvalue weighted by molar-refractivity contribution is -0.167. The summed E-state index contributed by atoms with van der Waals surface area (Å²) < 4.78 is 11.0. The van der Waals surface area contributed by atoms with Gasteiger partial charge in [0.25, 0.3) is 5.91 Å². The Morgan fingerprint density at radius 2 is 2.12 bits per heavy atom. The maximum absolute atomic E-state index is 12.8. The van der Waals surface area contributed by atoms with Gasteiger partial charge in [-0.25, -0.2) is 0 Å². The van der Waals surface area contributed by atoms with E-state index in [1.165, 1.54) is 0 Å². The van der Waals surface area contributed by atoms with E-state index in [1.54, 1.807) is 23.9 Å². The van der Waals surface area contributed by atoms with Crippen molar-refractivity contribution in [3.63, 3.8) is 0 Å². The Bertz CT molecular complexity index is 590. The molecule has 1 heterocycles. The third-order valence-electron chi connectivity index (χ3n) is 4.39. The highest BCUT2D eigenvalue weighted by Gasteiger charge is 2.41. The molecule has 1 aromatic carbocycles. The fourth-order valence-corrected chi connectivity index (χ4v) is 2.88. The molecule has 0 spiro atoms. The molecule has 0 N–H and O–H groups in total. The van der Waals surface area contributed by atoms with Crippen molar-refractivity contribution in [1.82, 2.24) is 9.80 Å². The average molecular weight is 334 g/mol. The molecular weight excluding hydrogens is 308 g/mol. The van der Waals surface area contributed by atoms with E-state index in [1.807, 2.05) is 38.1 Å². The molecule has 2 rings (SSSR count). The van der Waals surface area contributed by atoms with Crippen molar-refractivity contribution >= 4 is 11.8 Å². The first kappa shape index (κ1) is 18.4. The summed E-state index contributed by atoms with van der Waals surface area (Å²) in [5, 5.41) is 0. The van der Waals surface area contributed by atoms with Gasteiger partial charge in [0.2, 0.25) is 5.91 Å². The number of carbonyl (C=O) groups excluding carboxylic acids is 2. The highest BCUT2D eigenvalue weighted by Crippen LogP contribution is 2.31. The fraction of sp³-hybridized carbons (Fsp3) is 0.556. The van der Waals surface area contributed by atoms with Gasteiger partial charge in [-0.2, -0.15) is 0 Å². The van der Waals surface area contributed by atoms with Crippen molar-refractivity contribution in [3.05, 3.63) is 35.4 Å². The molecule has 6 nitrogen and oxygen atoms in total. The molecule has 6 heteroatoms. The Kier molecular flexibility index (Phi) is 6.34. The minimum atomic E-state index is -0.708. The topological polar surface area (TPSA) is 59.1 Å². The Balaban J connectivity index is 2.24. The predicted octanol–water partition coefficient (Wildman–Crippen LogP) is 1.39. The van der Waals surface area contributed by atoms with Crippen molar-refractivity contribution in [1.29, 1.82) is 0 Å². The van der Waals surface area contributed by atoms with Crippen LogP contribution < -0.4 is 0 Å². The molecule has 0 saturated carbocycles. The number of carbonyl (C=O) groups is 2. The van der Waals surface area contributed by atoms with Crippen LogP contribution >= 0.6 is 0 Å². The molecule has 1 aliphatic heterocycles. The molecule has 0 unspecified atom stereocenters. The molecule has 1 fully saturated rings. The highest BCUT2D eigenvalue weighted by atomic mass is 16.5. The predicted molar refractivity (Wildman–Crippen MR) is 90.6 cm³/mol. The third-order valence-corrected chi connectivity index (χ3v) is 4.39. The van der Waals surface area contributed by atoms with Gasteiger partial charge < -0.3 is 19.3 Å². The Labute approximate surface area is 143 Å². The van der Waals surface area contributed by atoms with Crippen molar-refractivity contribution < 1.29 is 19.1 Å². The summed E-state index contributed by atoms with van der Waals surface area (Å²) in [7, 11) is 3.46. The van der Waals surface area contributed by atoms with Gasteiger partial charge in [0.15, 0.2) is 6.10 Å². The second kappa shape index (κ2) is 8.26. The van der Waals surface area contributed by atoms with Crippen LogP contribution in [0.3, 0.4) is 0 Å². The zero-order chi connectivity index (χ0) is 17.7. The number of hydrogen-bond acceptors (Lipinski definition) is 4. The van der Waals surface area contributed by atoms with Gasteiger partial charge in [0.05, 0.1) is 12.6 Å². The molecule has 0 aromatic heterocycles. The summed E-state index contributed by atoms with van der Waals surface area (Å²) in [5.41, 5.74) is 1.96. The number of benzene rings is 1. The van der Waals surface area contributed by atoms with E-state index < -0.39 is 12.1 Å². The highest BCUT2D eigenvalue weighted by molar-refractivity contribution is 5.86. The van der Waals surface area contributed by atoms with Crippen molar-refractivity contribution in [2.45, 2.75) is 26.0 Å². The van der Waals surface area contributed by atoms with E-state index >= 15 is 0 Å². The average Bonchev–Trinajstić information content (AvgIpc) is 2.57. The summed E-state index contributed by atoms with van der Waals surface area (Å²) in [6.07, 6.45) is -0.708. The quantitative estimate of drug-likeness (QED) is 0.738. The second-order valence-corrected chi connectivity index (χ2v) is 5.99. The van der Waals surface area contributed by atoms with Crippen LogP contribution in [0.4, 0.5) is 0 Å². The van der Waals surface area contributed by atoms with Gasteiger partial charge in [-0.1, -0.05) is 24.3 Å². The SMILES string of the molecule is CCOCCN(C)C(=O)[C@H]1OCC(=O)N(C)[C@@H]1c1ccccc1C. The molecule has 2 amide bonds. The Morgan fingerprint density at radius 3 is 2.79 bits per heavy atom. The van der Waals surface area contributed by atoms with Crippen LogP contribution in [0.5, 0.6) is 0 Å². The molecule has 1 aliphatic rings. The van der Waals surface area contributed by atoms with Crippen LogP contribution in [-0.2, 0) is 19.1 Å². The first-order chi connectivity index (χ1) is 11.5. The van der Waals surface area contributed by atoms with Gasteiger partial charge >= 0.3 is 0 Å². The Morgan fingerprint density at radius 1 is 1.42 bits per heavy atom. The van der Waals surface area contributed by atoms with Crippen LogP contribution in [0.25, 0.3) is 0 Å². The van der Waals surface area contributed by atoms with E-state index in [2.05, 4.69) is 0 Å². The first-order valence-corrected chi connectivity index (χ1v) is 8.22. The van der Waals surface area contributed by atoms with Crippen molar-refractivity contribution in [2.75, 3.05) is 40.5 Å². The van der Waals surface area contributed by atoms with Crippen LogP contribution in [-0.4, -0.2) is 68.2 Å². The summed E-state index contributed by atoms with van der Waals surface area (Å²) in [5.74, 6) is -0.258. The summed E-state index contributed by atoms with van der Waals surface area (Å²) in [6, 6.07) is 7.35. The first-order valence-electron chi connectivity index (χ1n) is 8.22. The zero-order valence-corrected chi connectivity index (χ0v) is 14.8. The van der Waals surface area contributed by atoms with Crippen LogP contribution in [0, 0.1) is 6.92 Å². The number of nitrogens with zero attached hydrogens (tertiary/aromatic N) is 2. The summed E-state index contributed by atoms with van der Waals surface area (Å²) >= 11 is 0. The normalized spacial score (nSPS) is 21.0. The minimum absolute atomic E-state index is 0.0748. The smallest absolute Gasteiger partial charge is 0.254 e. The lowest BCUT2D eigenvalue weighted by Crippen LogP contribution is -2.53. The molecule has 24 heavy (non-hydrogen) atoms. The van der Waals surface area contributed by atoms with Gasteiger partial charge in [-0.3, -0.25) is 9.59 Å². The molecule has 0 bridgehead atoms. The fourth-order valence-electron chi connectivity index (χ4n) is 2.88. The maximum Gasteiger partial charge on any atom is 0.254 e. The lowest BCUT2D eigenvalue weighted by atomic mass is 9.93. The number of ether oxygens (including phenoxy) is 2. The van der Waals surface area contributed by atoms with E-state index in [9.17, 15) is 9.59 Å². The minimum Gasteiger partial charge on any atom is -0.380 e. The van der Waals surface area contributed by atoms with Gasteiger partial charge in [-0.05, 0) is 25.0 Å². The van der Waals surface area contributed by atoms with Gasteiger partial charge in [-0.15, -0.1) is 0 Å². The summed E-state index contributed by atoms with van der Waals surface area (Å²) in [6.45, 7) is 5.41. The van der Waals surface area contributed by atoms with E-state index in [4.69, 9.17) is 9.47 Å². The monoisotopic (exact) mass is 334 g/mol. The van der Waals surface area contributed by atoms with Crippen LogP contribution in [0.1, 0.15) is 24.1 Å². The largest absolute Gasteiger partial charge is 0.380 e. The number of hydrogen-bond donors (Lipinski definition) is 0. The number of morpholine rings is 1. The van der Waals surface area contributed by atoms with Crippen molar-refractivity contribution in [2.24, 2.45) is 0 Å². The number of amides is 2. The van der Waals surface area contributed by atoms with E-state index in [0.29, 0.717) is 19.8 Å². The second-order valence-electron chi connectivity index (χ2n) is 5.99. The molecular formula is C18H26N2O4. The molecule has 0 radical (unpaired) electrons. The molecule has 1 aromatic rings. The third kappa shape index (κ3) is 3.94.